The number of fused-ring (bicyclic) bond motifs is 5. The lowest BCUT2D eigenvalue weighted by Crippen LogP contribution is -2.51. The topological polar surface area (TPSA) is 73.9 Å². The fourth-order valence-electron chi connectivity index (χ4n) is 10.1. The summed E-state index contributed by atoms with van der Waals surface area (Å²) in [6.45, 7) is 17.4. The molecule has 252 valence electrons. The molecular formula is C38H65NO5. The fourth-order valence-corrected chi connectivity index (χ4v) is 10.1. The van der Waals surface area contributed by atoms with Gasteiger partial charge < -0.3 is 19.5 Å². The Morgan fingerprint density at radius 2 is 1.73 bits per heavy atom. The van der Waals surface area contributed by atoms with Gasteiger partial charge in [-0.2, -0.15) is 0 Å². The van der Waals surface area contributed by atoms with Crippen molar-refractivity contribution in [3.63, 3.8) is 0 Å². The molecule has 0 aromatic carbocycles. The minimum absolute atomic E-state index is 0.0494. The Morgan fingerprint density at radius 1 is 0.932 bits per heavy atom. The van der Waals surface area contributed by atoms with Gasteiger partial charge in [0.2, 0.25) is 5.91 Å². The van der Waals surface area contributed by atoms with Crippen molar-refractivity contribution in [2.45, 2.75) is 138 Å². The van der Waals surface area contributed by atoms with Crippen molar-refractivity contribution in [3.05, 3.63) is 11.6 Å². The molecule has 0 heterocycles. The number of amides is 1. The maximum absolute atomic E-state index is 12.7. The van der Waals surface area contributed by atoms with Crippen LogP contribution < -0.4 is 5.32 Å². The smallest absolute Gasteiger partial charge is 0.306 e. The van der Waals surface area contributed by atoms with Crippen LogP contribution in [0, 0.1) is 46.3 Å². The van der Waals surface area contributed by atoms with Crippen LogP contribution in [0.4, 0.5) is 0 Å². The predicted octanol–water partition coefficient (Wildman–Crippen LogP) is 8.28. The molecular weight excluding hydrogens is 550 g/mol. The summed E-state index contributed by atoms with van der Waals surface area (Å²) in [4.78, 5) is 24.9. The van der Waals surface area contributed by atoms with Crippen LogP contribution in [0.25, 0.3) is 0 Å². The molecule has 0 spiro atoms. The van der Waals surface area contributed by atoms with Crippen molar-refractivity contribution in [2.75, 3.05) is 33.0 Å². The summed E-state index contributed by atoms with van der Waals surface area (Å²) in [6, 6.07) is 0. The second-order valence-corrected chi connectivity index (χ2v) is 15.7. The van der Waals surface area contributed by atoms with E-state index in [1.807, 2.05) is 6.92 Å². The van der Waals surface area contributed by atoms with Crippen LogP contribution >= 0.6 is 0 Å². The van der Waals surface area contributed by atoms with Gasteiger partial charge in [-0.15, -0.1) is 0 Å². The number of rotatable bonds is 17. The lowest BCUT2D eigenvalue weighted by molar-refractivity contribution is -0.152. The summed E-state index contributed by atoms with van der Waals surface area (Å²) < 4.78 is 16.7. The molecule has 4 aliphatic rings. The Bertz CT molecular complexity index is 963. The average molecular weight is 616 g/mol. The molecule has 6 nitrogen and oxygen atoms in total. The molecule has 0 aromatic rings. The average Bonchev–Trinajstić information content (AvgIpc) is 3.34. The van der Waals surface area contributed by atoms with Crippen molar-refractivity contribution >= 4 is 11.9 Å². The van der Waals surface area contributed by atoms with E-state index in [1.165, 1.54) is 51.4 Å². The Hall–Kier alpha value is -1.40. The van der Waals surface area contributed by atoms with E-state index in [4.69, 9.17) is 14.2 Å². The van der Waals surface area contributed by atoms with Gasteiger partial charge in [-0.25, -0.2) is 0 Å². The first-order valence-corrected chi connectivity index (χ1v) is 18.4. The number of allylic oxidation sites excluding steroid dienone is 1. The van der Waals surface area contributed by atoms with E-state index in [2.05, 4.69) is 46.0 Å². The molecule has 8 atom stereocenters. The van der Waals surface area contributed by atoms with Gasteiger partial charge in [-0.3, -0.25) is 9.59 Å². The molecule has 1 N–H and O–H groups in total. The van der Waals surface area contributed by atoms with Gasteiger partial charge in [0, 0.05) is 32.6 Å². The highest BCUT2D eigenvalue weighted by Gasteiger charge is 2.59. The van der Waals surface area contributed by atoms with Crippen LogP contribution in [0.3, 0.4) is 0 Å². The molecule has 4 rings (SSSR count). The number of carbonyl (C=O) groups excluding carboxylic acids is 2. The quantitative estimate of drug-likeness (QED) is 0.101. The van der Waals surface area contributed by atoms with E-state index in [-0.39, 0.29) is 36.2 Å². The number of ether oxygens (including phenoxy) is 3. The molecule has 0 radical (unpaired) electrons. The summed E-state index contributed by atoms with van der Waals surface area (Å²) in [5.74, 6) is 4.66. The lowest BCUT2D eigenvalue weighted by Gasteiger charge is -2.58. The number of carbonyl (C=O) groups is 2. The molecule has 0 saturated heterocycles. The Kier molecular flexibility index (Phi) is 13.2. The molecule has 3 saturated carbocycles. The van der Waals surface area contributed by atoms with Gasteiger partial charge in [0.05, 0.1) is 19.6 Å². The summed E-state index contributed by atoms with van der Waals surface area (Å²) in [6.07, 6.45) is 17.5. The summed E-state index contributed by atoms with van der Waals surface area (Å²) in [5, 5.41) is 2.89. The highest BCUT2D eigenvalue weighted by Crippen LogP contribution is 2.67. The summed E-state index contributed by atoms with van der Waals surface area (Å²) in [7, 11) is 0. The maximum Gasteiger partial charge on any atom is 0.306 e. The first kappa shape index (κ1) is 35.5. The second-order valence-electron chi connectivity index (χ2n) is 15.7. The molecule has 0 bridgehead atoms. The van der Waals surface area contributed by atoms with Crippen LogP contribution in [0.2, 0.25) is 0 Å². The molecule has 1 amide bonds. The first-order chi connectivity index (χ1) is 21.1. The molecule has 3 fully saturated rings. The second kappa shape index (κ2) is 16.4. The Morgan fingerprint density at radius 3 is 2.50 bits per heavy atom. The Balaban J connectivity index is 1.21. The van der Waals surface area contributed by atoms with Crippen LogP contribution in [0.5, 0.6) is 0 Å². The van der Waals surface area contributed by atoms with Gasteiger partial charge in [-0.05, 0) is 105 Å². The van der Waals surface area contributed by atoms with Gasteiger partial charge in [-0.1, -0.05) is 65.5 Å². The number of hydrogen-bond acceptors (Lipinski definition) is 5. The molecule has 0 aromatic heterocycles. The normalized spacial score (nSPS) is 33.6. The van der Waals surface area contributed by atoms with E-state index in [0.717, 1.165) is 61.2 Å². The molecule has 44 heavy (non-hydrogen) atoms. The van der Waals surface area contributed by atoms with E-state index >= 15 is 0 Å². The highest BCUT2D eigenvalue weighted by atomic mass is 16.5. The zero-order valence-electron chi connectivity index (χ0n) is 29.1. The predicted molar refractivity (Wildman–Crippen MR) is 177 cm³/mol. The lowest BCUT2D eigenvalue weighted by atomic mass is 9.47. The van der Waals surface area contributed by atoms with Gasteiger partial charge in [0.15, 0.2) is 0 Å². The number of hydrogen-bond donors (Lipinski definition) is 1. The zero-order valence-corrected chi connectivity index (χ0v) is 29.1. The minimum atomic E-state index is -0.241. The third-order valence-corrected chi connectivity index (χ3v) is 12.5. The third-order valence-electron chi connectivity index (χ3n) is 12.5. The molecule has 1 unspecified atom stereocenters. The molecule has 0 aliphatic heterocycles. The van der Waals surface area contributed by atoms with E-state index in [1.54, 1.807) is 5.57 Å². The fraction of sp³-hybridized carbons (Fsp3) is 0.895. The van der Waals surface area contributed by atoms with Crippen molar-refractivity contribution in [2.24, 2.45) is 46.3 Å². The minimum Gasteiger partial charge on any atom is -0.462 e. The van der Waals surface area contributed by atoms with Crippen molar-refractivity contribution in [3.8, 4) is 0 Å². The SMILES string of the molecule is CCOCCOCCCNC(=O)CCC(=O)O[C@H]1CC[C@@]2(C)C(=CC[C@H]3[C@@H]4CC[C@H](C(C)CCCC(C)C)[C@@]4(C)CC[C@@H]32)C1. The van der Waals surface area contributed by atoms with Gasteiger partial charge >= 0.3 is 5.97 Å². The van der Waals surface area contributed by atoms with Crippen molar-refractivity contribution in [1.29, 1.82) is 0 Å². The summed E-state index contributed by atoms with van der Waals surface area (Å²) >= 11 is 0. The van der Waals surface area contributed by atoms with Crippen molar-refractivity contribution in [1.82, 2.24) is 5.32 Å². The largest absolute Gasteiger partial charge is 0.462 e. The molecule has 6 heteroatoms. The number of nitrogens with one attached hydrogen (secondary N) is 1. The summed E-state index contributed by atoms with van der Waals surface area (Å²) in [5.41, 5.74) is 2.31. The monoisotopic (exact) mass is 615 g/mol. The van der Waals surface area contributed by atoms with E-state index in [0.29, 0.717) is 38.4 Å². The van der Waals surface area contributed by atoms with Crippen LogP contribution in [-0.4, -0.2) is 51.0 Å². The van der Waals surface area contributed by atoms with E-state index in [9.17, 15) is 9.59 Å². The highest BCUT2D eigenvalue weighted by molar-refractivity contribution is 5.81. The van der Waals surface area contributed by atoms with Crippen LogP contribution in [0.1, 0.15) is 131 Å². The number of esters is 1. The maximum atomic E-state index is 12.7. The van der Waals surface area contributed by atoms with Crippen LogP contribution in [-0.2, 0) is 23.8 Å². The van der Waals surface area contributed by atoms with Crippen molar-refractivity contribution < 1.29 is 23.8 Å². The standard InChI is InChI=1S/C38H65NO5/c1-7-42-24-25-43-23-9-22-39-35(40)16-17-36(41)44-30-18-20-37(5)29(26-30)12-13-31-33-15-14-32(28(4)11-8-10-27(2)3)38(33,6)21-19-34(31)37/h12,27-28,30-34H,7-11,13-26H2,1-6H3,(H,39,40)/t28?,30-,31-,32+,33-,34-,37-,38+/m0/s1. The zero-order chi connectivity index (χ0) is 31.7. The third kappa shape index (κ3) is 8.69. The Labute approximate surface area is 269 Å². The van der Waals surface area contributed by atoms with Gasteiger partial charge in [0.1, 0.15) is 6.10 Å². The first-order valence-electron chi connectivity index (χ1n) is 18.4. The van der Waals surface area contributed by atoms with Gasteiger partial charge in [0.25, 0.3) is 0 Å². The van der Waals surface area contributed by atoms with Crippen LogP contribution in [0.15, 0.2) is 11.6 Å². The molecule has 4 aliphatic carbocycles. The van der Waals surface area contributed by atoms with E-state index < -0.39 is 0 Å².